The van der Waals surface area contributed by atoms with Gasteiger partial charge in [0.05, 0.1) is 26.4 Å². The fraction of sp³-hybridized carbons (Fsp3) is 0.805. The Balaban J connectivity index is 4.23. The highest BCUT2D eigenvalue weighted by Crippen LogP contribution is 2.45. The van der Waals surface area contributed by atoms with Crippen LogP contribution in [-0.4, -0.2) is 95.9 Å². The van der Waals surface area contributed by atoms with Gasteiger partial charge in [-0.2, -0.15) is 0 Å². The highest BCUT2D eigenvalue weighted by atomic mass is 31.2. The predicted molar refractivity (Wildman–Crippen MR) is 390 cm³/mol. The molecule has 0 saturated heterocycles. The average Bonchev–Trinajstić information content (AvgIpc) is 3.77. The molecule has 0 aromatic rings. The van der Waals surface area contributed by atoms with Gasteiger partial charge in [0.2, 0.25) is 0 Å². The van der Waals surface area contributed by atoms with Gasteiger partial charge < -0.3 is 34.2 Å². The quantitative estimate of drug-likeness (QED) is 0.0146. The standard InChI is InChI=1S/C77H140O16P2/c1-4-7-10-13-16-19-22-24-25-26-27-28-29-30-31-32-33-34-35-36-37-38-39-40-41-42-43-44-45-47-50-51-54-57-60-63-75(80)87-66-72(78)67-89-94(83,84)90-68-73(79)69-91-95(85,86)92-71-74(93-77(82)65-62-59-56-53-48-21-18-15-12-9-6-3)70-88-76(81)64-61-58-55-52-49-46-23-20-17-14-11-8-5-2/h11,14,16,19-20,23-25,27-28,30-31,72-74,78-79H,4-10,12-13,15,17-18,21-22,26,29,32-71H2,1-3H3,(H,83,84)(H,85,86)/b14-11-,19-16-,23-20-,25-24-,28-27-,31-30-. The maximum atomic E-state index is 12.9. The van der Waals surface area contributed by atoms with Crippen molar-refractivity contribution in [3.8, 4) is 0 Å². The summed E-state index contributed by atoms with van der Waals surface area (Å²) in [6.07, 6.45) is 77.1. The molecule has 0 aliphatic carbocycles. The van der Waals surface area contributed by atoms with Crippen LogP contribution in [0.1, 0.15) is 342 Å². The zero-order valence-corrected chi connectivity index (χ0v) is 62.1. The predicted octanol–water partition coefficient (Wildman–Crippen LogP) is 21.9. The van der Waals surface area contributed by atoms with Crippen LogP contribution < -0.4 is 0 Å². The van der Waals surface area contributed by atoms with E-state index < -0.39 is 91.5 Å². The highest BCUT2D eigenvalue weighted by molar-refractivity contribution is 7.47. The molecule has 0 aromatic heterocycles. The van der Waals surface area contributed by atoms with Crippen molar-refractivity contribution in [1.29, 1.82) is 0 Å². The molecule has 554 valence electrons. The molecule has 5 unspecified atom stereocenters. The van der Waals surface area contributed by atoms with Crippen molar-refractivity contribution in [3.05, 3.63) is 72.9 Å². The van der Waals surface area contributed by atoms with E-state index in [2.05, 4.69) is 93.7 Å². The SMILES string of the molecule is CCC/C=C\C/C=C\CCCCCCCC(=O)OCC(COP(=O)(O)OCC(O)COP(=O)(O)OCC(O)COC(=O)CCCCCCCCCCCCCCCCCCCCC/C=C\C/C=C\C/C=C\C/C=C\CCCCC)OC(=O)CCCCCCCCCCCCC. The average molecular weight is 1380 g/mol. The van der Waals surface area contributed by atoms with Crippen LogP contribution in [0.4, 0.5) is 0 Å². The topological polar surface area (TPSA) is 231 Å². The van der Waals surface area contributed by atoms with Crippen molar-refractivity contribution in [2.45, 2.75) is 360 Å². The summed E-state index contributed by atoms with van der Waals surface area (Å²) in [5.41, 5.74) is 0. The molecule has 4 N–H and O–H groups in total. The zero-order valence-electron chi connectivity index (χ0n) is 60.3. The molecule has 0 fully saturated rings. The van der Waals surface area contributed by atoms with Crippen molar-refractivity contribution in [1.82, 2.24) is 0 Å². The highest BCUT2D eigenvalue weighted by Gasteiger charge is 2.29. The van der Waals surface area contributed by atoms with E-state index in [0.717, 1.165) is 116 Å². The van der Waals surface area contributed by atoms with Crippen molar-refractivity contribution in [2.75, 3.05) is 39.6 Å². The molecule has 16 nitrogen and oxygen atoms in total. The van der Waals surface area contributed by atoms with E-state index in [1.807, 2.05) is 0 Å². The van der Waals surface area contributed by atoms with Gasteiger partial charge in [0, 0.05) is 19.3 Å². The molecule has 0 aliphatic heterocycles. The molecule has 5 atom stereocenters. The van der Waals surface area contributed by atoms with Crippen molar-refractivity contribution in [2.24, 2.45) is 0 Å². The fourth-order valence-electron chi connectivity index (χ4n) is 10.5. The van der Waals surface area contributed by atoms with E-state index in [1.54, 1.807) is 0 Å². The number of aliphatic hydroxyl groups is 2. The summed E-state index contributed by atoms with van der Waals surface area (Å²) in [7, 11) is -9.76. The lowest BCUT2D eigenvalue weighted by atomic mass is 10.0. The summed E-state index contributed by atoms with van der Waals surface area (Å²) < 4.78 is 60.9. The number of esters is 3. The van der Waals surface area contributed by atoms with Crippen LogP contribution in [0.2, 0.25) is 0 Å². The van der Waals surface area contributed by atoms with Crippen molar-refractivity contribution < 1.29 is 75.8 Å². The molecule has 95 heavy (non-hydrogen) atoms. The normalized spacial score (nSPS) is 14.5. The van der Waals surface area contributed by atoms with Crippen LogP contribution in [0.5, 0.6) is 0 Å². The molecule has 0 heterocycles. The zero-order chi connectivity index (χ0) is 69.5. The summed E-state index contributed by atoms with van der Waals surface area (Å²) >= 11 is 0. The Hall–Kier alpha value is -3.01. The molecule has 0 saturated carbocycles. The van der Waals surface area contributed by atoms with E-state index in [4.69, 9.17) is 32.3 Å². The third-order valence-corrected chi connectivity index (χ3v) is 18.3. The van der Waals surface area contributed by atoms with Gasteiger partial charge in [-0.1, -0.05) is 306 Å². The fourth-order valence-corrected chi connectivity index (χ4v) is 12.1. The number of rotatable bonds is 73. The van der Waals surface area contributed by atoms with Crippen LogP contribution in [0, 0.1) is 0 Å². The van der Waals surface area contributed by atoms with Gasteiger partial charge in [-0.3, -0.25) is 32.5 Å². The van der Waals surface area contributed by atoms with Crippen LogP contribution in [-0.2, 0) is 55.8 Å². The lowest BCUT2D eigenvalue weighted by Crippen LogP contribution is -2.30. The number of unbranched alkanes of at least 4 members (excludes halogenated alkanes) is 38. The lowest BCUT2D eigenvalue weighted by Gasteiger charge is -2.21. The minimum Gasteiger partial charge on any atom is -0.463 e. The lowest BCUT2D eigenvalue weighted by molar-refractivity contribution is -0.161. The van der Waals surface area contributed by atoms with Crippen LogP contribution in [0.3, 0.4) is 0 Å². The van der Waals surface area contributed by atoms with Crippen LogP contribution >= 0.6 is 15.6 Å². The molecule has 0 spiro atoms. The second-order valence-corrected chi connectivity index (χ2v) is 28.7. The Bertz CT molecular complexity index is 2020. The van der Waals surface area contributed by atoms with E-state index in [0.29, 0.717) is 19.3 Å². The van der Waals surface area contributed by atoms with Crippen molar-refractivity contribution >= 4 is 33.6 Å². The number of ether oxygens (including phenoxy) is 3. The van der Waals surface area contributed by atoms with Gasteiger partial charge in [-0.05, 0) is 89.9 Å². The molecular formula is C77H140O16P2. The molecule has 18 heteroatoms. The van der Waals surface area contributed by atoms with E-state index in [9.17, 15) is 43.5 Å². The van der Waals surface area contributed by atoms with Gasteiger partial charge in [-0.15, -0.1) is 0 Å². The Morgan fingerprint density at radius 2 is 0.547 bits per heavy atom. The number of hydrogen-bond acceptors (Lipinski definition) is 14. The molecule has 0 amide bonds. The third-order valence-electron chi connectivity index (χ3n) is 16.4. The first-order chi connectivity index (χ1) is 46.2. The molecule has 0 bridgehead atoms. The second-order valence-electron chi connectivity index (χ2n) is 25.8. The van der Waals surface area contributed by atoms with E-state index in [1.165, 1.54) is 167 Å². The molecular weight excluding hydrogens is 1240 g/mol. The summed E-state index contributed by atoms with van der Waals surface area (Å²) in [5, 5.41) is 20.6. The Labute approximate surface area is 579 Å². The third kappa shape index (κ3) is 72.1. The van der Waals surface area contributed by atoms with E-state index >= 15 is 0 Å². The number of phosphoric ester groups is 2. The molecule has 0 aromatic carbocycles. The summed E-state index contributed by atoms with van der Waals surface area (Å²) in [6.45, 7) is 2.59. The number of allylic oxidation sites excluding steroid dienone is 12. The summed E-state index contributed by atoms with van der Waals surface area (Å²) in [5.74, 6) is -1.58. The minimum absolute atomic E-state index is 0.107. The first-order valence-corrected chi connectivity index (χ1v) is 41.2. The Kier molecular flexibility index (Phi) is 68.6. The van der Waals surface area contributed by atoms with Crippen LogP contribution in [0.25, 0.3) is 0 Å². The number of carbonyl (C=O) groups excluding carboxylic acids is 3. The van der Waals surface area contributed by atoms with Gasteiger partial charge in [-0.25, -0.2) is 9.13 Å². The van der Waals surface area contributed by atoms with Gasteiger partial charge in [0.25, 0.3) is 0 Å². The second kappa shape index (κ2) is 70.8. The summed E-state index contributed by atoms with van der Waals surface area (Å²) in [6, 6.07) is 0. The van der Waals surface area contributed by atoms with Gasteiger partial charge >= 0.3 is 33.6 Å². The smallest absolute Gasteiger partial charge is 0.463 e. The monoisotopic (exact) mass is 1380 g/mol. The maximum Gasteiger partial charge on any atom is 0.472 e. The first kappa shape index (κ1) is 92.0. The van der Waals surface area contributed by atoms with Crippen LogP contribution in [0.15, 0.2) is 72.9 Å². The number of hydrogen-bond donors (Lipinski definition) is 4. The Morgan fingerprint density at radius 3 is 0.895 bits per heavy atom. The number of aliphatic hydroxyl groups excluding tert-OH is 2. The minimum atomic E-state index is -4.92. The molecule has 0 rings (SSSR count). The molecule has 0 radical (unpaired) electrons. The van der Waals surface area contributed by atoms with Crippen molar-refractivity contribution in [3.63, 3.8) is 0 Å². The molecule has 0 aliphatic rings. The number of carbonyl (C=O) groups is 3. The maximum absolute atomic E-state index is 12.9. The first-order valence-electron chi connectivity index (χ1n) is 38.2. The van der Waals surface area contributed by atoms with Gasteiger partial charge in [0.1, 0.15) is 25.4 Å². The number of phosphoric acid groups is 2. The largest absolute Gasteiger partial charge is 0.472 e. The Morgan fingerprint density at radius 1 is 0.295 bits per heavy atom. The van der Waals surface area contributed by atoms with Gasteiger partial charge in [0.15, 0.2) is 6.10 Å². The summed E-state index contributed by atoms with van der Waals surface area (Å²) in [4.78, 5) is 58.3. The van der Waals surface area contributed by atoms with E-state index in [-0.39, 0.29) is 19.3 Å².